The van der Waals surface area contributed by atoms with Crippen LogP contribution in [0, 0.1) is 0 Å². The minimum atomic E-state index is -3.44. The van der Waals surface area contributed by atoms with Crippen molar-refractivity contribution in [2.24, 2.45) is 5.73 Å². The molecule has 0 radical (unpaired) electrons. The smallest absolute Gasteiger partial charge is 0.232 e. The Kier molecular flexibility index (Phi) is 3.85. The van der Waals surface area contributed by atoms with Crippen LogP contribution in [-0.4, -0.2) is 39.3 Å². The monoisotopic (exact) mass is 222 g/mol. The van der Waals surface area contributed by atoms with E-state index in [4.69, 9.17) is 10.5 Å². The van der Waals surface area contributed by atoms with Gasteiger partial charge in [-0.25, -0.2) is 13.1 Å². The molecule has 0 bridgehead atoms. The number of carbonyl (C=O) groups is 1. The second-order valence-corrected chi connectivity index (χ2v) is 5.06. The highest BCUT2D eigenvalue weighted by Gasteiger charge is 2.23. The zero-order valence-corrected chi connectivity index (χ0v) is 8.55. The van der Waals surface area contributed by atoms with E-state index in [1.54, 1.807) is 0 Å². The number of hydrogen-bond acceptors (Lipinski definition) is 4. The molecule has 3 N–H and O–H groups in total. The Labute approximate surface area is 82.8 Å². The van der Waals surface area contributed by atoms with Crippen LogP contribution in [0.3, 0.4) is 0 Å². The van der Waals surface area contributed by atoms with E-state index in [-0.39, 0.29) is 18.4 Å². The lowest BCUT2D eigenvalue weighted by Gasteiger charge is -2.09. The lowest BCUT2D eigenvalue weighted by Crippen LogP contribution is -2.37. The Bertz CT molecular complexity index is 295. The highest BCUT2D eigenvalue weighted by atomic mass is 32.2. The van der Waals surface area contributed by atoms with Crippen molar-refractivity contribution >= 4 is 15.9 Å². The predicted molar refractivity (Wildman–Crippen MR) is 50.0 cm³/mol. The van der Waals surface area contributed by atoms with Gasteiger partial charge < -0.3 is 10.5 Å². The van der Waals surface area contributed by atoms with Crippen LogP contribution >= 0.6 is 0 Å². The normalized spacial score (nSPS) is 22.4. The number of sulfonamides is 1. The number of amides is 1. The number of carbonyl (C=O) groups excluding carboxylic acids is 1. The maximum absolute atomic E-state index is 11.3. The van der Waals surface area contributed by atoms with Crippen molar-refractivity contribution in [1.82, 2.24) is 4.72 Å². The van der Waals surface area contributed by atoms with Crippen molar-refractivity contribution in [3.63, 3.8) is 0 Å². The molecule has 1 rings (SSSR count). The summed E-state index contributed by atoms with van der Waals surface area (Å²) in [6, 6.07) is 0. The SMILES string of the molecule is NC(=O)CNS(=O)(=O)CC1CCCO1. The summed E-state index contributed by atoms with van der Waals surface area (Å²) in [5.41, 5.74) is 4.81. The van der Waals surface area contributed by atoms with E-state index in [9.17, 15) is 13.2 Å². The molecule has 1 aliphatic heterocycles. The quantitative estimate of drug-likeness (QED) is 0.595. The molecule has 1 aliphatic rings. The number of hydrogen-bond donors (Lipinski definition) is 2. The number of rotatable bonds is 5. The molecule has 0 aromatic heterocycles. The molecule has 1 fully saturated rings. The summed E-state index contributed by atoms with van der Waals surface area (Å²) < 4.78 is 29.8. The first-order chi connectivity index (χ1) is 6.49. The molecule has 7 heteroatoms. The third-order valence-electron chi connectivity index (χ3n) is 1.90. The van der Waals surface area contributed by atoms with Gasteiger partial charge in [-0.05, 0) is 12.8 Å². The summed E-state index contributed by atoms with van der Waals surface area (Å²) in [4.78, 5) is 10.3. The molecule has 1 unspecified atom stereocenters. The molecule has 1 atom stereocenters. The average molecular weight is 222 g/mol. The van der Waals surface area contributed by atoms with Crippen LogP contribution in [0.25, 0.3) is 0 Å². The van der Waals surface area contributed by atoms with E-state index in [2.05, 4.69) is 4.72 Å². The van der Waals surface area contributed by atoms with Gasteiger partial charge in [0.25, 0.3) is 0 Å². The van der Waals surface area contributed by atoms with Crippen molar-refractivity contribution in [2.75, 3.05) is 18.9 Å². The number of nitrogens with two attached hydrogens (primary N) is 1. The van der Waals surface area contributed by atoms with Crippen molar-refractivity contribution in [2.45, 2.75) is 18.9 Å². The van der Waals surface area contributed by atoms with E-state index in [1.807, 2.05) is 0 Å². The summed E-state index contributed by atoms with van der Waals surface area (Å²) in [6.45, 7) is 0.255. The van der Waals surface area contributed by atoms with Gasteiger partial charge in [0.05, 0.1) is 18.4 Å². The molecule has 0 spiro atoms. The average Bonchev–Trinajstić information content (AvgIpc) is 2.53. The molecule has 6 nitrogen and oxygen atoms in total. The van der Waals surface area contributed by atoms with Gasteiger partial charge in [-0.3, -0.25) is 4.79 Å². The number of nitrogens with one attached hydrogen (secondary N) is 1. The molecule has 1 amide bonds. The molecule has 0 aromatic rings. The molecule has 0 aromatic carbocycles. The van der Waals surface area contributed by atoms with E-state index in [0.717, 1.165) is 12.8 Å². The summed E-state index contributed by atoms with van der Waals surface area (Å²) in [7, 11) is -3.44. The van der Waals surface area contributed by atoms with Gasteiger partial charge >= 0.3 is 0 Å². The first kappa shape index (κ1) is 11.4. The Balaban J connectivity index is 2.36. The van der Waals surface area contributed by atoms with Gasteiger partial charge in [0.1, 0.15) is 0 Å². The maximum Gasteiger partial charge on any atom is 0.232 e. The van der Waals surface area contributed by atoms with E-state index in [1.165, 1.54) is 0 Å². The molecule has 0 saturated carbocycles. The van der Waals surface area contributed by atoms with Crippen LogP contribution < -0.4 is 10.5 Å². The minimum absolute atomic E-state index is 0.0969. The summed E-state index contributed by atoms with van der Waals surface area (Å²) >= 11 is 0. The Morgan fingerprint density at radius 3 is 2.79 bits per heavy atom. The van der Waals surface area contributed by atoms with Gasteiger partial charge in [-0.1, -0.05) is 0 Å². The van der Waals surface area contributed by atoms with Crippen LogP contribution in [0.1, 0.15) is 12.8 Å². The second-order valence-electron chi connectivity index (χ2n) is 3.20. The molecular formula is C7H14N2O4S. The van der Waals surface area contributed by atoms with E-state index in [0.29, 0.717) is 6.61 Å². The van der Waals surface area contributed by atoms with Gasteiger partial charge in [-0.15, -0.1) is 0 Å². The fourth-order valence-corrected chi connectivity index (χ4v) is 2.49. The topological polar surface area (TPSA) is 98.5 Å². The molecule has 1 heterocycles. The minimum Gasteiger partial charge on any atom is -0.377 e. The largest absolute Gasteiger partial charge is 0.377 e. The van der Waals surface area contributed by atoms with Crippen LogP contribution in [-0.2, 0) is 19.6 Å². The van der Waals surface area contributed by atoms with Crippen molar-refractivity contribution in [1.29, 1.82) is 0 Å². The molecule has 82 valence electrons. The third kappa shape index (κ3) is 4.03. The number of primary amides is 1. The molecule has 1 saturated heterocycles. The maximum atomic E-state index is 11.3. The van der Waals surface area contributed by atoms with E-state index >= 15 is 0 Å². The molecule has 14 heavy (non-hydrogen) atoms. The first-order valence-corrected chi connectivity index (χ1v) is 6.02. The summed E-state index contributed by atoms with van der Waals surface area (Å²) in [5, 5.41) is 0. The van der Waals surface area contributed by atoms with Crippen LogP contribution in [0.5, 0.6) is 0 Å². The van der Waals surface area contributed by atoms with Crippen LogP contribution in [0.4, 0.5) is 0 Å². The van der Waals surface area contributed by atoms with Crippen molar-refractivity contribution < 1.29 is 17.9 Å². The zero-order chi connectivity index (χ0) is 10.6. The van der Waals surface area contributed by atoms with Gasteiger partial charge in [0.2, 0.25) is 15.9 Å². The van der Waals surface area contributed by atoms with Gasteiger partial charge in [0.15, 0.2) is 0 Å². The van der Waals surface area contributed by atoms with Crippen LogP contribution in [0.2, 0.25) is 0 Å². The fourth-order valence-electron chi connectivity index (χ4n) is 1.26. The van der Waals surface area contributed by atoms with Gasteiger partial charge in [-0.2, -0.15) is 0 Å². The molecular weight excluding hydrogens is 208 g/mol. The zero-order valence-electron chi connectivity index (χ0n) is 7.73. The highest BCUT2D eigenvalue weighted by Crippen LogP contribution is 2.13. The van der Waals surface area contributed by atoms with Crippen molar-refractivity contribution in [3.8, 4) is 0 Å². The number of ether oxygens (including phenoxy) is 1. The first-order valence-electron chi connectivity index (χ1n) is 4.37. The Morgan fingerprint density at radius 1 is 1.57 bits per heavy atom. The van der Waals surface area contributed by atoms with Gasteiger partial charge in [0, 0.05) is 6.61 Å². The highest BCUT2D eigenvalue weighted by molar-refractivity contribution is 7.89. The Hall–Kier alpha value is -0.660. The van der Waals surface area contributed by atoms with Crippen LogP contribution in [0.15, 0.2) is 0 Å². The summed E-state index contributed by atoms with van der Waals surface area (Å²) in [5.74, 6) is -0.791. The van der Waals surface area contributed by atoms with Crippen molar-refractivity contribution in [3.05, 3.63) is 0 Å². The Morgan fingerprint density at radius 2 is 2.29 bits per heavy atom. The lowest BCUT2D eigenvalue weighted by molar-refractivity contribution is -0.116. The lowest BCUT2D eigenvalue weighted by atomic mass is 10.3. The fraction of sp³-hybridized carbons (Fsp3) is 0.857. The predicted octanol–water partition coefficient (Wildman–Crippen LogP) is -1.43. The standard InChI is InChI=1S/C7H14N2O4S/c8-7(10)4-9-14(11,12)5-6-2-1-3-13-6/h6,9H,1-5H2,(H2,8,10). The third-order valence-corrected chi connectivity index (χ3v) is 3.29. The molecule has 0 aliphatic carbocycles. The van der Waals surface area contributed by atoms with E-state index < -0.39 is 15.9 Å². The second kappa shape index (κ2) is 4.72. The summed E-state index contributed by atoms with van der Waals surface area (Å²) in [6.07, 6.45) is 1.38.